The molecule has 1 aliphatic heterocycles. The average molecular weight is 419 g/mol. The first-order chi connectivity index (χ1) is 15.0. The fourth-order valence-corrected chi connectivity index (χ4v) is 3.88. The molecule has 0 bridgehead atoms. The summed E-state index contributed by atoms with van der Waals surface area (Å²) in [7, 11) is 0. The van der Waals surface area contributed by atoms with Crippen molar-refractivity contribution >= 4 is 17.5 Å². The molecule has 0 saturated heterocycles. The molecule has 1 amide bonds. The normalized spacial score (nSPS) is 14.8. The number of benzene rings is 1. The van der Waals surface area contributed by atoms with E-state index in [9.17, 15) is 9.59 Å². The Morgan fingerprint density at radius 3 is 2.81 bits per heavy atom. The molecule has 0 radical (unpaired) electrons. The van der Waals surface area contributed by atoms with E-state index in [-0.39, 0.29) is 17.3 Å². The lowest BCUT2D eigenvalue weighted by Gasteiger charge is -2.16. The molecule has 0 spiro atoms. The molecule has 1 aliphatic rings. The van der Waals surface area contributed by atoms with Gasteiger partial charge in [0.1, 0.15) is 11.9 Å². The van der Waals surface area contributed by atoms with Crippen LogP contribution in [0.25, 0.3) is 0 Å². The largest absolute Gasteiger partial charge is 0.384 e. The zero-order chi connectivity index (χ0) is 21.8. The molecule has 8 nitrogen and oxygen atoms in total. The number of nitrogen functional groups attached to an aromatic ring is 1. The Hall–Kier alpha value is -3.68. The zero-order valence-electron chi connectivity index (χ0n) is 17.5. The zero-order valence-corrected chi connectivity index (χ0v) is 17.5. The van der Waals surface area contributed by atoms with Crippen LogP contribution >= 0.6 is 0 Å². The van der Waals surface area contributed by atoms with Crippen LogP contribution in [0.1, 0.15) is 35.0 Å². The number of hydrogen-bond acceptors (Lipinski definition) is 6. The number of amides is 1. The number of nitrogens with two attached hydrogens (primary N) is 1. The SMILES string of the molecule is Cc1nc(N)ccc1CNC(=O)C1CCc2cnc(NCCc3ccccc3)c(=O)n21. The van der Waals surface area contributed by atoms with Gasteiger partial charge in [-0.2, -0.15) is 0 Å². The highest BCUT2D eigenvalue weighted by Gasteiger charge is 2.30. The van der Waals surface area contributed by atoms with Crippen molar-refractivity contribution in [2.75, 3.05) is 17.6 Å². The molecular weight excluding hydrogens is 392 g/mol. The third-order valence-corrected chi connectivity index (χ3v) is 5.58. The maximum Gasteiger partial charge on any atom is 0.294 e. The number of fused-ring (bicyclic) bond motifs is 1. The van der Waals surface area contributed by atoms with Crippen molar-refractivity contribution < 1.29 is 4.79 Å². The maximum absolute atomic E-state index is 13.0. The second-order valence-corrected chi connectivity index (χ2v) is 7.69. The van der Waals surface area contributed by atoms with Gasteiger partial charge in [-0.1, -0.05) is 36.4 Å². The van der Waals surface area contributed by atoms with E-state index >= 15 is 0 Å². The van der Waals surface area contributed by atoms with Gasteiger partial charge in [0.15, 0.2) is 5.82 Å². The van der Waals surface area contributed by atoms with Crippen molar-refractivity contribution in [1.29, 1.82) is 0 Å². The molecular formula is C23H26N6O2. The van der Waals surface area contributed by atoms with Crippen LogP contribution in [0, 0.1) is 6.92 Å². The van der Waals surface area contributed by atoms with Gasteiger partial charge < -0.3 is 16.4 Å². The first kappa shape index (κ1) is 20.6. The molecule has 3 heterocycles. The van der Waals surface area contributed by atoms with Crippen LogP contribution in [0.3, 0.4) is 0 Å². The van der Waals surface area contributed by atoms with Gasteiger partial charge >= 0.3 is 0 Å². The summed E-state index contributed by atoms with van der Waals surface area (Å²) in [5.74, 6) is 0.542. The van der Waals surface area contributed by atoms with E-state index in [4.69, 9.17) is 5.73 Å². The van der Waals surface area contributed by atoms with Crippen LogP contribution in [0.4, 0.5) is 11.6 Å². The van der Waals surface area contributed by atoms with Crippen LogP contribution in [-0.4, -0.2) is 27.0 Å². The number of aromatic nitrogens is 3. The first-order valence-electron chi connectivity index (χ1n) is 10.4. The maximum atomic E-state index is 13.0. The second-order valence-electron chi connectivity index (χ2n) is 7.69. The molecule has 8 heteroatoms. The Kier molecular flexibility index (Phi) is 5.97. The lowest BCUT2D eigenvalue weighted by atomic mass is 10.1. The van der Waals surface area contributed by atoms with Gasteiger partial charge in [0.2, 0.25) is 5.91 Å². The predicted molar refractivity (Wildman–Crippen MR) is 120 cm³/mol. The van der Waals surface area contributed by atoms with Gasteiger partial charge in [0.25, 0.3) is 5.56 Å². The summed E-state index contributed by atoms with van der Waals surface area (Å²) in [5.41, 5.74) is 9.06. The molecule has 31 heavy (non-hydrogen) atoms. The number of hydrogen-bond donors (Lipinski definition) is 3. The minimum atomic E-state index is -0.540. The van der Waals surface area contributed by atoms with Crippen LogP contribution in [0.5, 0.6) is 0 Å². The van der Waals surface area contributed by atoms with E-state index in [2.05, 4.69) is 20.6 Å². The number of pyridine rings is 1. The molecule has 1 unspecified atom stereocenters. The summed E-state index contributed by atoms with van der Waals surface area (Å²) < 4.78 is 1.57. The molecule has 0 saturated carbocycles. The van der Waals surface area contributed by atoms with Crippen LogP contribution in [0.2, 0.25) is 0 Å². The van der Waals surface area contributed by atoms with E-state index in [1.807, 2.05) is 43.3 Å². The summed E-state index contributed by atoms with van der Waals surface area (Å²) in [6.07, 6.45) is 3.69. The number of nitrogens with one attached hydrogen (secondary N) is 2. The van der Waals surface area contributed by atoms with Crippen molar-refractivity contribution in [1.82, 2.24) is 19.9 Å². The third kappa shape index (κ3) is 4.58. The molecule has 1 atom stereocenters. The average Bonchev–Trinajstić information content (AvgIpc) is 3.20. The van der Waals surface area contributed by atoms with E-state index < -0.39 is 6.04 Å². The number of carbonyl (C=O) groups is 1. The number of rotatable bonds is 7. The highest BCUT2D eigenvalue weighted by Crippen LogP contribution is 2.24. The van der Waals surface area contributed by atoms with Gasteiger partial charge in [-0.25, -0.2) is 9.97 Å². The number of anilines is 2. The molecule has 0 aliphatic carbocycles. The van der Waals surface area contributed by atoms with Gasteiger partial charge in [-0.15, -0.1) is 0 Å². The highest BCUT2D eigenvalue weighted by molar-refractivity contribution is 5.81. The summed E-state index contributed by atoms with van der Waals surface area (Å²) in [4.78, 5) is 34.4. The molecule has 4 N–H and O–H groups in total. The van der Waals surface area contributed by atoms with Gasteiger partial charge in [0.05, 0.1) is 0 Å². The molecule has 4 rings (SSSR count). The second kappa shape index (κ2) is 8.99. The highest BCUT2D eigenvalue weighted by atomic mass is 16.2. The van der Waals surface area contributed by atoms with E-state index in [0.717, 1.165) is 23.4 Å². The Bertz CT molecular complexity index is 1140. The topological polar surface area (TPSA) is 115 Å². The predicted octanol–water partition coefficient (Wildman–Crippen LogP) is 1.99. The molecule has 160 valence electrons. The van der Waals surface area contributed by atoms with Crippen molar-refractivity contribution in [3.05, 3.63) is 81.5 Å². The molecule has 3 aromatic rings. The fourth-order valence-electron chi connectivity index (χ4n) is 3.88. The number of carbonyl (C=O) groups excluding carboxylic acids is 1. The quantitative estimate of drug-likeness (QED) is 0.541. The van der Waals surface area contributed by atoms with Crippen molar-refractivity contribution in [3.63, 3.8) is 0 Å². The van der Waals surface area contributed by atoms with Crippen molar-refractivity contribution in [3.8, 4) is 0 Å². The fraction of sp³-hybridized carbons (Fsp3) is 0.304. The Labute approximate surface area is 180 Å². The molecule has 0 fully saturated rings. The number of nitrogens with zero attached hydrogens (tertiary/aromatic N) is 3. The van der Waals surface area contributed by atoms with E-state index in [1.165, 1.54) is 5.56 Å². The van der Waals surface area contributed by atoms with Gasteiger partial charge in [0, 0.05) is 30.7 Å². The third-order valence-electron chi connectivity index (χ3n) is 5.58. The summed E-state index contributed by atoms with van der Waals surface area (Å²) in [6, 6.07) is 13.1. The summed E-state index contributed by atoms with van der Waals surface area (Å²) in [5, 5.41) is 6.06. The van der Waals surface area contributed by atoms with Crippen LogP contribution in [-0.2, 0) is 24.2 Å². The lowest BCUT2D eigenvalue weighted by Crippen LogP contribution is -2.36. The molecule has 1 aromatic carbocycles. The standard InChI is InChI=1S/C23H26N6O2/c1-15-17(7-10-20(24)28-15)13-27-22(30)19-9-8-18-14-26-21(23(31)29(18)19)25-12-11-16-5-3-2-4-6-16/h2-7,10,14,19H,8-9,11-13H2,1H3,(H2,24,28)(H,25,26)(H,27,30). The number of aryl methyl sites for hydroxylation is 2. The molecule has 2 aromatic heterocycles. The minimum Gasteiger partial charge on any atom is -0.384 e. The summed E-state index contributed by atoms with van der Waals surface area (Å²) in [6.45, 7) is 2.78. The van der Waals surface area contributed by atoms with Gasteiger partial charge in [-0.3, -0.25) is 14.2 Å². The smallest absolute Gasteiger partial charge is 0.294 e. The first-order valence-corrected chi connectivity index (χ1v) is 10.4. The van der Waals surface area contributed by atoms with E-state index in [0.29, 0.717) is 31.7 Å². The van der Waals surface area contributed by atoms with Gasteiger partial charge in [-0.05, 0) is 43.4 Å². The monoisotopic (exact) mass is 418 g/mol. The van der Waals surface area contributed by atoms with E-state index in [1.54, 1.807) is 16.8 Å². The van der Waals surface area contributed by atoms with Crippen molar-refractivity contribution in [2.24, 2.45) is 0 Å². The van der Waals surface area contributed by atoms with Crippen LogP contribution in [0.15, 0.2) is 53.5 Å². The Balaban J connectivity index is 1.43. The Morgan fingerprint density at radius 1 is 1.23 bits per heavy atom. The lowest BCUT2D eigenvalue weighted by molar-refractivity contribution is -0.124. The van der Waals surface area contributed by atoms with Crippen molar-refractivity contribution in [2.45, 2.75) is 38.8 Å². The summed E-state index contributed by atoms with van der Waals surface area (Å²) >= 11 is 0. The van der Waals surface area contributed by atoms with Crippen LogP contribution < -0.4 is 21.9 Å². The minimum absolute atomic E-state index is 0.182. The Morgan fingerprint density at radius 2 is 2.03 bits per heavy atom.